The maximum Gasteiger partial charge on any atom is 0.287 e. The highest BCUT2D eigenvalue weighted by atomic mass is 35.5. The number of aromatic nitrogens is 4. The van der Waals surface area contributed by atoms with Gasteiger partial charge < -0.3 is 9.32 Å². The van der Waals surface area contributed by atoms with Crippen molar-refractivity contribution in [2.24, 2.45) is 0 Å². The number of alkyl halides is 2. The first kappa shape index (κ1) is 18.3. The van der Waals surface area contributed by atoms with Crippen LogP contribution in [-0.2, 0) is 13.1 Å². The third-order valence-corrected chi connectivity index (χ3v) is 5.11. The van der Waals surface area contributed by atoms with Crippen LogP contribution in [0.3, 0.4) is 0 Å². The van der Waals surface area contributed by atoms with Gasteiger partial charge in [0.2, 0.25) is 11.8 Å². The molecule has 2 aliphatic rings. The van der Waals surface area contributed by atoms with Gasteiger partial charge >= 0.3 is 0 Å². The van der Waals surface area contributed by atoms with E-state index in [1.165, 1.54) is 6.20 Å². The summed E-state index contributed by atoms with van der Waals surface area (Å²) in [5.41, 5.74) is -0.226. The van der Waals surface area contributed by atoms with Gasteiger partial charge in [-0.3, -0.25) is 9.69 Å². The van der Waals surface area contributed by atoms with E-state index in [9.17, 15) is 13.6 Å². The molecule has 146 valence electrons. The summed E-state index contributed by atoms with van der Waals surface area (Å²) in [6.07, 6.45) is 0.948. The van der Waals surface area contributed by atoms with Crippen LogP contribution in [-0.4, -0.2) is 57.5 Å². The average Bonchev–Trinajstić information content (AvgIpc) is 3.39. The summed E-state index contributed by atoms with van der Waals surface area (Å²) in [5, 5.41) is 11.9. The topological polar surface area (TPSA) is 80.3 Å². The molecular formula is C16H19ClF2N6O2. The number of halogens is 3. The molecule has 1 saturated heterocycles. The van der Waals surface area contributed by atoms with Gasteiger partial charge in [0.15, 0.2) is 0 Å². The molecule has 0 unspecified atom stereocenters. The number of hydrogen-bond acceptors (Lipinski definition) is 7. The molecule has 0 N–H and O–H groups in total. The fraction of sp³-hybridized carbons (Fsp3) is 0.625. The van der Waals surface area contributed by atoms with Gasteiger partial charge in [0.25, 0.3) is 12.0 Å². The fourth-order valence-electron chi connectivity index (χ4n) is 3.10. The third kappa shape index (κ3) is 4.11. The Morgan fingerprint density at radius 3 is 2.63 bits per heavy atom. The summed E-state index contributed by atoms with van der Waals surface area (Å²) in [6.45, 7) is 2.51. The number of rotatable bonds is 6. The Balaban J connectivity index is 1.37. The predicted molar refractivity (Wildman–Crippen MR) is 93.3 cm³/mol. The van der Waals surface area contributed by atoms with Gasteiger partial charge in [-0.15, -0.1) is 10.2 Å². The maximum atomic E-state index is 12.5. The lowest BCUT2D eigenvalue weighted by Gasteiger charge is -2.35. The number of piperazine rings is 1. The molecule has 3 heterocycles. The van der Waals surface area contributed by atoms with Gasteiger partial charge in [0.05, 0.1) is 18.4 Å². The second-order valence-corrected chi connectivity index (χ2v) is 7.17. The molecule has 2 fully saturated rings. The maximum absolute atomic E-state index is 12.5. The van der Waals surface area contributed by atoms with Crippen LogP contribution >= 0.6 is 11.6 Å². The molecule has 0 spiro atoms. The van der Waals surface area contributed by atoms with E-state index in [0.717, 1.165) is 31.8 Å². The Bertz CT molecular complexity index is 861. The molecule has 27 heavy (non-hydrogen) atoms. The molecule has 2 aromatic heterocycles. The molecule has 2 aromatic rings. The molecule has 0 atom stereocenters. The van der Waals surface area contributed by atoms with Gasteiger partial charge in [0, 0.05) is 32.1 Å². The minimum absolute atomic E-state index is 0.0786. The fourth-order valence-corrected chi connectivity index (χ4v) is 3.37. The highest BCUT2D eigenvalue weighted by Crippen LogP contribution is 2.39. The van der Waals surface area contributed by atoms with Gasteiger partial charge in [-0.2, -0.15) is 5.10 Å². The first-order valence-corrected chi connectivity index (χ1v) is 9.22. The van der Waals surface area contributed by atoms with E-state index in [1.54, 1.807) is 0 Å². The molecule has 1 saturated carbocycles. The smallest absolute Gasteiger partial charge is 0.287 e. The first-order chi connectivity index (χ1) is 13.0. The quantitative estimate of drug-likeness (QED) is 0.730. The van der Waals surface area contributed by atoms with Gasteiger partial charge in [-0.1, -0.05) is 11.6 Å². The Hall–Kier alpha value is -2.07. The van der Waals surface area contributed by atoms with Crippen molar-refractivity contribution in [3.8, 4) is 0 Å². The first-order valence-electron chi connectivity index (χ1n) is 8.84. The van der Waals surface area contributed by atoms with E-state index >= 15 is 0 Å². The molecule has 0 amide bonds. The van der Waals surface area contributed by atoms with E-state index < -0.39 is 18.5 Å². The Labute approximate surface area is 158 Å². The zero-order valence-electron chi connectivity index (χ0n) is 14.5. The summed E-state index contributed by atoms with van der Waals surface area (Å²) in [5.74, 6) is 1.77. The predicted octanol–water partition coefficient (Wildman–Crippen LogP) is 1.74. The largest absolute Gasteiger partial charge is 0.424 e. The van der Waals surface area contributed by atoms with E-state index in [4.69, 9.17) is 16.0 Å². The lowest BCUT2D eigenvalue weighted by molar-refractivity contribution is 0.119. The SMILES string of the molecule is O=c1c(Cl)c(N2CCN(Cc3nnc(C4CC4)o3)CC2)cnn1CC(F)F. The highest BCUT2D eigenvalue weighted by Gasteiger charge is 2.30. The molecule has 11 heteroatoms. The second kappa shape index (κ2) is 7.51. The average molecular weight is 401 g/mol. The Kier molecular flexibility index (Phi) is 5.09. The van der Waals surface area contributed by atoms with Crippen molar-refractivity contribution in [3.05, 3.63) is 33.4 Å². The molecule has 4 rings (SSSR count). The van der Waals surface area contributed by atoms with Crippen molar-refractivity contribution < 1.29 is 13.2 Å². The minimum Gasteiger partial charge on any atom is -0.424 e. The van der Waals surface area contributed by atoms with Crippen LogP contribution in [0.5, 0.6) is 0 Å². The van der Waals surface area contributed by atoms with Crippen LogP contribution in [0.15, 0.2) is 15.4 Å². The summed E-state index contributed by atoms with van der Waals surface area (Å²) in [4.78, 5) is 16.2. The van der Waals surface area contributed by atoms with Gasteiger partial charge in [0.1, 0.15) is 11.6 Å². The Morgan fingerprint density at radius 2 is 1.96 bits per heavy atom. The molecule has 1 aliphatic heterocycles. The number of hydrogen-bond donors (Lipinski definition) is 0. The summed E-state index contributed by atoms with van der Waals surface area (Å²) in [7, 11) is 0. The van der Waals surface area contributed by atoms with Crippen molar-refractivity contribution in [2.75, 3.05) is 31.1 Å². The van der Waals surface area contributed by atoms with E-state index in [-0.39, 0.29) is 5.02 Å². The third-order valence-electron chi connectivity index (χ3n) is 4.76. The van der Waals surface area contributed by atoms with Crippen molar-refractivity contribution in [1.29, 1.82) is 0 Å². The normalized spacial score (nSPS) is 18.4. The zero-order chi connectivity index (χ0) is 19.0. The molecule has 0 radical (unpaired) electrons. The number of nitrogens with zero attached hydrogens (tertiary/aromatic N) is 6. The standard InChI is InChI=1S/C16H19ClF2N6O2/c17-14-11(7-20-25(16(14)26)8-12(18)19)24-5-3-23(4-6-24)9-13-21-22-15(27-13)10-1-2-10/h7,10,12H,1-6,8-9H2. The van der Waals surface area contributed by atoms with Crippen LogP contribution < -0.4 is 10.5 Å². The second-order valence-electron chi connectivity index (χ2n) is 6.79. The lowest BCUT2D eigenvalue weighted by atomic mass is 10.3. The van der Waals surface area contributed by atoms with Gasteiger partial charge in [-0.25, -0.2) is 13.5 Å². The summed E-state index contributed by atoms with van der Waals surface area (Å²) >= 11 is 6.11. The molecular weight excluding hydrogens is 382 g/mol. The minimum atomic E-state index is -2.66. The van der Waals surface area contributed by atoms with Crippen LogP contribution in [0.25, 0.3) is 0 Å². The van der Waals surface area contributed by atoms with Crippen molar-refractivity contribution in [3.63, 3.8) is 0 Å². The van der Waals surface area contributed by atoms with Crippen LogP contribution in [0, 0.1) is 0 Å². The highest BCUT2D eigenvalue weighted by molar-refractivity contribution is 6.33. The van der Waals surface area contributed by atoms with E-state index in [2.05, 4.69) is 20.2 Å². The molecule has 1 aliphatic carbocycles. The van der Waals surface area contributed by atoms with Gasteiger partial charge in [-0.05, 0) is 12.8 Å². The van der Waals surface area contributed by atoms with Crippen LogP contribution in [0.2, 0.25) is 5.02 Å². The van der Waals surface area contributed by atoms with E-state index in [1.807, 2.05) is 4.90 Å². The summed E-state index contributed by atoms with van der Waals surface area (Å²) < 4.78 is 31.3. The van der Waals surface area contributed by atoms with Crippen molar-refractivity contribution in [1.82, 2.24) is 24.9 Å². The lowest BCUT2D eigenvalue weighted by Crippen LogP contribution is -2.46. The number of anilines is 1. The Morgan fingerprint density at radius 1 is 1.22 bits per heavy atom. The molecule has 0 aromatic carbocycles. The molecule has 8 nitrogen and oxygen atoms in total. The van der Waals surface area contributed by atoms with Crippen molar-refractivity contribution >= 4 is 17.3 Å². The van der Waals surface area contributed by atoms with E-state index in [0.29, 0.717) is 41.8 Å². The monoisotopic (exact) mass is 400 g/mol. The van der Waals surface area contributed by atoms with Crippen LogP contribution in [0.1, 0.15) is 30.5 Å². The summed E-state index contributed by atoms with van der Waals surface area (Å²) in [6, 6.07) is 0. The van der Waals surface area contributed by atoms with Crippen LogP contribution in [0.4, 0.5) is 14.5 Å². The van der Waals surface area contributed by atoms with Crippen molar-refractivity contribution in [2.45, 2.75) is 38.3 Å². The zero-order valence-corrected chi connectivity index (χ0v) is 15.3. The molecule has 0 bridgehead atoms.